The average molecular weight is 422 g/mol. The Labute approximate surface area is 182 Å². The van der Waals surface area contributed by atoms with E-state index in [-0.39, 0.29) is 11.9 Å². The summed E-state index contributed by atoms with van der Waals surface area (Å²) in [6, 6.07) is 4.08. The van der Waals surface area contributed by atoms with E-state index in [2.05, 4.69) is 34.6 Å². The molecule has 31 heavy (non-hydrogen) atoms. The van der Waals surface area contributed by atoms with Gasteiger partial charge in [-0.25, -0.2) is 14.6 Å². The van der Waals surface area contributed by atoms with Gasteiger partial charge in [0.1, 0.15) is 5.82 Å². The number of piperidine rings is 1. The predicted octanol–water partition coefficient (Wildman–Crippen LogP) is 3.00. The molecule has 1 amide bonds. The smallest absolute Gasteiger partial charge is 0.252 e. The Balaban J connectivity index is 1.69. The number of nitrogens with one attached hydrogen (secondary N) is 2. The zero-order chi connectivity index (χ0) is 22.1. The van der Waals surface area contributed by atoms with Gasteiger partial charge in [0.2, 0.25) is 0 Å². The second-order valence-electron chi connectivity index (χ2n) is 8.67. The van der Waals surface area contributed by atoms with Gasteiger partial charge in [0.25, 0.3) is 5.91 Å². The summed E-state index contributed by atoms with van der Waals surface area (Å²) in [6.07, 6.45) is 3.77. The first-order chi connectivity index (χ1) is 14.8. The molecule has 8 heteroatoms. The Kier molecular flexibility index (Phi) is 5.91. The number of anilines is 1. The van der Waals surface area contributed by atoms with E-state index < -0.39 is 0 Å². The van der Waals surface area contributed by atoms with E-state index in [0.29, 0.717) is 23.8 Å². The van der Waals surface area contributed by atoms with Crippen LogP contribution >= 0.6 is 0 Å². The zero-order valence-corrected chi connectivity index (χ0v) is 18.7. The monoisotopic (exact) mass is 421 g/mol. The molecule has 1 aliphatic heterocycles. The van der Waals surface area contributed by atoms with Crippen molar-refractivity contribution in [1.82, 2.24) is 30.4 Å². The van der Waals surface area contributed by atoms with Crippen LogP contribution in [0, 0.1) is 13.8 Å². The van der Waals surface area contributed by atoms with Crippen molar-refractivity contribution in [3.8, 4) is 0 Å². The number of hydrogen-bond acceptors (Lipinski definition) is 6. The van der Waals surface area contributed by atoms with Crippen molar-refractivity contribution < 1.29 is 4.79 Å². The molecule has 0 atom stereocenters. The van der Waals surface area contributed by atoms with Crippen LogP contribution in [0.25, 0.3) is 11.0 Å². The molecule has 1 aliphatic rings. The van der Waals surface area contributed by atoms with E-state index in [4.69, 9.17) is 10.7 Å². The van der Waals surface area contributed by atoms with Crippen LogP contribution in [0.4, 0.5) is 5.82 Å². The highest BCUT2D eigenvalue weighted by Crippen LogP contribution is 2.29. The second-order valence-corrected chi connectivity index (χ2v) is 8.67. The van der Waals surface area contributed by atoms with Gasteiger partial charge in [-0.15, -0.1) is 0 Å². The maximum atomic E-state index is 13.3. The molecule has 0 saturated carbocycles. The molecule has 0 aromatic carbocycles. The molecule has 4 rings (SSSR count). The first-order valence-corrected chi connectivity index (χ1v) is 10.9. The fourth-order valence-corrected chi connectivity index (χ4v) is 4.32. The molecule has 1 saturated heterocycles. The molecule has 0 spiro atoms. The minimum Gasteiger partial charge on any atom is -0.383 e. The first kappa shape index (κ1) is 21.2. The lowest BCUT2D eigenvalue weighted by Crippen LogP contribution is -2.28. The third-order valence-electron chi connectivity index (χ3n) is 6.01. The standard InChI is InChI=1S/C23H31N7O/c1-13(2)30-22-19(12-27-30)17(10-20(29-22)16-5-7-25-8-6-16)23(31)26-11-18-14(3)9-15(4)28-21(18)24/h9-10,12-13,16,25H,5-8,11H2,1-4H3,(H2,24,28)(H,26,31). The van der Waals surface area contributed by atoms with Gasteiger partial charge in [0.05, 0.1) is 17.1 Å². The lowest BCUT2D eigenvalue weighted by Gasteiger charge is -2.23. The lowest BCUT2D eigenvalue weighted by molar-refractivity contribution is 0.0952. The van der Waals surface area contributed by atoms with E-state index >= 15 is 0 Å². The quantitative estimate of drug-likeness (QED) is 0.584. The van der Waals surface area contributed by atoms with Crippen molar-refractivity contribution in [1.29, 1.82) is 0 Å². The van der Waals surface area contributed by atoms with Crippen LogP contribution in [0.3, 0.4) is 0 Å². The van der Waals surface area contributed by atoms with Gasteiger partial charge in [0.15, 0.2) is 5.65 Å². The van der Waals surface area contributed by atoms with Gasteiger partial charge in [0, 0.05) is 35.5 Å². The summed E-state index contributed by atoms with van der Waals surface area (Å²) >= 11 is 0. The number of carbonyl (C=O) groups is 1. The van der Waals surface area contributed by atoms with E-state index in [1.807, 2.05) is 30.7 Å². The number of aromatic nitrogens is 4. The van der Waals surface area contributed by atoms with E-state index in [1.54, 1.807) is 6.20 Å². The molecular formula is C23H31N7O. The van der Waals surface area contributed by atoms with Crippen LogP contribution in [0.1, 0.15) is 71.5 Å². The van der Waals surface area contributed by atoms with Crippen molar-refractivity contribution in [2.45, 2.75) is 59.0 Å². The number of carbonyl (C=O) groups excluding carboxylic acids is 1. The van der Waals surface area contributed by atoms with E-state index in [9.17, 15) is 4.79 Å². The van der Waals surface area contributed by atoms with E-state index in [1.165, 1.54) is 0 Å². The SMILES string of the molecule is Cc1cc(C)c(CNC(=O)c2cc(C3CCNCC3)nc3c2cnn3C(C)C)c(N)n1. The molecule has 3 aromatic heterocycles. The van der Waals surface area contributed by atoms with Gasteiger partial charge >= 0.3 is 0 Å². The Morgan fingerprint density at radius 2 is 2.00 bits per heavy atom. The normalized spacial score (nSPS) is 15.0. The number of hydrogen-bond donors (Lipinski definition) is 3. The number of pyridine rings is 2. The van der Waals surface area contributed by atoms with E-state index in [0.717, 1.165) is 59.5 Å². The number of aryl methyl sites for hydroxylation is 2. The van der Waals surface area contributed by atoms with Crippen LogP contribution in [0.2, 0.25) is 0 Å². The molecule has 0 unspecified atom stereocenters. The van der Waals surface area contributed by atoms with Crippen molar-refractivity contribution in [2.24, 2.45) is 0 Å². The van der Waals surface area contributed by atoms with Gasteiger partial charge in [-0.1, -0.05) is 0 Å². The summed E-state index contributed by atoms with van der Waals surface area (Å²) in [4.78, 5) is 22.6. The molecular weight excluding hydrogens is 390 g/mol. The van der Waals surface area contributed by atoms with Gasteiger partial charge in [-0.05, 0) is 71.3 Å². The van der Waals surface area contributed by atoms with Crippen molar-refractivity contribution in [2.75, 3.05) is 18.8 Å². The van der Waals surface area contributed by atoms with Crippen LogP contribution < -0.4 is 16.4 Å². The van der Waals surface area contributed by atoms with Crippen molar-refractivity contribution in [3.63, 3.8) is 0 Å². The molecule has 4 N–H and O–H groups in total. The highest BCUT2D eigenvalue weighted by Gasteiger charge is 2.23. The summed E-state index contributed by atoms with van der Waals surface area (Å²) in [5, 5.41) is 11.7. The summed E-state index contributed by atoms with van der Waals surface area (Å²) in [5.41, 5.74) is 11.2. The first-order valence-electron chi connectivity index (χ1n) is 10.9. The summed E-state index contributed by atoms with van der Waals surface area (Å²) in [6.45, 7) is 10.3. The molecule has 0 aliphatic carbocycles. The van der Waals surface area contributed by atoms with Gasteiger partial charge in [-0.3, -0.25) is 4.79 Å². The van der Waals surface area contributed by atoms with Crippen molar-refractivity contribution in [3.05, 3.63) is 46.4 Å². The van der Waals surface area contributed by atoms with Crippen LogP contribution in [-0.4, -0.2) is 38.7 Å². The maximum Gasteiger partial charge on any atom is 0.252 e. The fourth-order valence-electron chi connectivity index (χ4n) is 4.32. The molecule has 0 bridgehead atoms. The highest BCUT2D eigenvalue weighted by molar-refractivity contribution is 6.05. The summed E-state index contributed by atoms with van der Waals surface area (Å²) < 4.78 is 1.89. The third-order valence-corrected chi connectivity index (χ3v) is 6.01. The Morgan fingerprint density at radius 1 is 1.26 bits per heavy atom. The topological polar surface area (TPSA) is 111 Å². The van der Waals surface area contributed by atoms with Crippen LogP contribution in [-0.2, 0) is 6.54 Å². The summed E-state index contributed by atoms with van der Waals surface area (Å²) in [5.74, 6) is 0.651. The zero-order valence-electron chi connectivity index (χ0n) is 18.7. The Bertz CT molecular complexity index is 1090. The third kappa shape index (κ3) is 4.25. The number of nitrogens with two attached hydrogens (primary N) is 1. The number of nitrogen functional groups attached to an aromatic ring is 1. The minimum atomic E-state index is -0.148. The predicted molar refractivity (Wildman–Crippen MR) is 122 cm³/mol. The second kappa shape index (κ2) is 8.63. The summed E-state index contributed by atoms with van der Waals surface area (Å²) in [7, 11) is 0. The number of fused-ring (bicyclic) bond motifs is 1. The average Bonchev–Trinajstić information content (AvgIpc) is 3.17. The molecule has 164 valence electrons. The van der Waals surface area contributed by atoms with Gasteiger partial charge in [-0.2, -0.15) is 5.10 Å². The number of nitrogens with zero attached hydrogens (tertiary/aromatic N) is 4. The number of amides is 1. The molecule has 1 fully saturated rings. The maximum absolute atomic E-state index is 13.3. The van der Waals surface area contributed by atoms with Gasteiger partial charge < -0.3 is 16.4 Å². The van der Waals surface area contributed by atoms with Crippen LogP contribution in [0.15, 0.2) is 18.3 Å². The lowest BCUT2D eigenvalue weighted by atomic mass is 9.92. The molecule has 0 radical (unpaired) electrons. The Morgan fingerprint density at radius 3 is 2.68 bits per heavy atom. The Hall–Kier alpha value is -3.00. The van der Waals surface area contributed by atoms with Crippen LogP contribution in [0.5, 0.6) is 0 Å². The number of rotatable bonds is 5. The fraction of sp³-hybridized carbons (Fsp3) is 0.478. The van der Waals surface area contributed by atoms with Crippen molar-refractivity contribution >= 4 is 22.8 Å². The minimum absolute atomic E-state index is 0.148. The molecule has 4 heterocycles. The molecule has 8 nitrogen and oxygen atoms in total. The highest BCUT2D eigenvalue weighted by atomic mass is 16.1. The largest absolute Gasteiger partial charge is 0.383 e. The molecule has 3 aromatic rings.